The van der Waals surface area contributed by atoms with Gasteiger partial charge >= 0.3 is 0 Å². The van der Waals surface area contributed by atoms with Gasteiger partial charge in [-0.05, 0) is 84.3 Å². The van der Waals surface area contributed by atoms with Gasteiger partial charge < -0.3 is 10.6 Å². The third kappa shape index (κ3) is 6.58. The second kappa shape index (κ2) is 12.4. The first-order valence-electron chi connectivity index (χ1n) is 13.7. The lowest BCUT2D eigenvalue weighted by Crippen LogP contribution is -2.27. The Morgan fingerprint density at radius 1 is 0.925 bits per heavy atom. The van der Waals surface area contributed by atoms with Crippen LogP contribution in [0.15, 0.2) is 96.0 Å². The van der Waals surface area contributed by atoms with Gasteiger partial charge in [0.2, 0.25) is 10.0 Å². The van der Waals surface area contributed by atoms with Crippen LogP contribution in [0.5, 0.6) is 0 Å². The van der Waals surface area contributed by atoms with Crippen LogP contribution in [0.25, 0.3) is 0 Å². The lowest BCUT2D eigenvalue weighted by Gasteiger charge is -2.17. The molecule has 1 heterocycles. The zero-order chi connectivity index (χ0) is 28.0. The molecule has 0 spiro atoms. The van der Waals surface area contributed by atoms with Crippen LogP contribution in [-0.4, -0.2) is 25.9 Å². The number of anilines is 2. The number of rotatable bonds is 11. The highest BCUT2D eigenvalue weighted by Crippen LogP contribution is 2.35. The van der Waals surface area contributed by atoms with E-state index in [1.807, 2.05) is 60.7 Å². The average Bonchev–Trinajstić information content (AvgIpc) is 3.35. The summed E-state index contributed by atoms with van der Waals surface area (Å²) in [7, 11) is -3.67. The zero-order valence-electron chi connectivity index (χ0n) is 22.6. The van der Waals surface area contributed by atoms with Gasteiger partial charge in [-0.15, -0.1) is 0 Å². The maximum Gasteiger partial charge on any atom is 0.255 e. The molecule has 0 saturated heterocycles. The molecule has 1 aliphatic rings. The van der Waals surface area contributed by atoms with Crippen LogP contribution in [0.1, 0.15) is 58.4 Å². The summed E-state index contributed by atoms with van der Waals surface area (Å²) in [5.41, 5.74) is 5.51. The minimum atomic E-state index is -3.67. The number of nitrogens with zero attached hydrogens (tertiary/aromatic N) is 1. The van der Waals surface area contributed by atoms with Crippen molar-refractivity contribution in [2.24, 2.45) is 0 Å². The van der Waals surface area contributed by atoms with Gasteiger partial charge in [0.25, 0.3) is 5.91 Å². The second-order valence-corrected chi connectivity index (χ2v) is 11.8. The number of hydrogen-bond donors (Lipinski definition) is 3. The summed E-state index contributed by atoms with van der Waals surface area (Å²) in [5, 5.41) is 6.25. The van der Waals surface area contributed by atoms with Crippen molar-refractivity contribution < 1.29 is 13.2 Å². The van der Waals surface area contributed by atoms with Crippen molar-refractivity contribution in [1.29, 1.82) is 0 Å². The maximum absolute atomic E-state index is 13.2. The molecule has 1 unspecified atom stereocenters. The van der Waals surface area contributed by atoms with Crippen molar-refractivity contribution in [3.8, 4) is 0 Å². The molecule has 0 fully saturated rings. The number of amides is 1. The van der Waals surface area contributed by atoms with Crippen LogP contribution in [0.4, 0.5) is 11.5 Å². The molecule has 3 aromatic carbocycles. The molecule has 0 saturated carbocycles. The number of benzene rings is 3. The topological polar surface area (TPSA) is 100 Å². The normalized spacial score (nSPS) is 14.5. The predicted molar refractivity (Wildman–Crippen MR) is 158 cm³/mol. The van der Waals surface area contributed by atoms with Crippen molar-refractivity contribution in [2.75, 3.05) is 11.9 Å². The molecule has 8 heteroatoms. The van der Waals surface area contributed by atoms with Crippen LogP contribution in [0.3, 0.4) is 0 Å². The number of aryl methyl sites for hydroxylation is 2. The van der Waals surface area contributed by atoms with Crippen molar-refractivity contribution in [3.63, 3.8) is 0 Å². The van der Waals surface area contributed by atoms with Crippen LogP contribution < -0.4 is 15.4 Å². The zero-order valence-corrected chi connectivity index (χ0v) is 23.4. The van der Waals surface area contributed by atoms with Crippen LogP contribution in [-0.2, 0) is 29.3 Å². The maximum atomic E-state index is 13.2. The highest BCUT2D eigenvalue weighted by Gasteiger charge is 2.28. The second-order valence-electron chi connectivity index (χ2n) is 10.0. The van der Waals surface area contributed by atoms with E-state index in [-0.39, 0.29) is 16.8 Å². The molecular weight excluding hydrogens is 520 g/mol. The fourth-order valence-corrected chi connectivity index (χ4v) is 6.32. The summed E-state index contributed by atoms with van der Waals surface area (Å²) in [5.74, 6) is 0.241. The third-order valence-corrected chi connectivity index (χ3v) is 8.64. The molecule has 1 aromatic heterocycles. The monoisotopic (exact) mass is 554 g/mol. The Morgan fingerprint density at radius 2 is 1.70 bits per heavy atom. The van der Waals surface area contributed by atoms with Crippen molar-refractivity contribution in [1.82, 2.24) is 15.0 Å². The first-order chi connectivity index (χ1) is 19.4. The smallest absolute Gasteiger partial charge is 0.255 e. The molecule has 1 aliphatic carbocycles. The van der Waals surface area contributed by atoms with E-state index < -0.39 is 10.0 Å². The van der Waals surface area contributed by atoms with Crippen molar-refractivity contribution in [2.45, 2.75) is 50.0 Å². The fraction of sp³-hybridized carbons (Fsp3) is 0.250. The molecule has 1 amide bonds. The average molecular weight is 555 g/mol. The number of pyridine rings is 1. The minimum absolute atomic E-state index is 0.205. The lowest BCUT2D eigenvalue weighted by atomic mass is 10.1. The molecule has 3 N–H and O–H groups in total. The molecule has 1 atom stereocenters. The fourth-order valence-electron chi connectivity index (χ4n) is 5.07. The first-order valence-corrected chi connectivity index (χ1v) is 15.2. The van der Waals surface area contributed by atoms with Gasteiger partial charge in [-0.3, -0.25) is 4.79 Å². The van der Waals surface area contributed by atoms with Gasteiger partial charge in [0.05, 0.1) is 10.5 Å². The Bertz CT molecular complexity index is 1570. The summed E-state index contributed by atoms with van der Waals surface area (Å²) in [6, 6.07) is 26.2. The van der Waals surface area contributed by atoms with Gasteiger partial charge in [0.15, 0.2) is 0 Å². The van der Waals surface area contributed by atoms with E-state index >= 15 is 0 Å². The number of carbonyl (C=O) groups is 1. The van der Waals surface area contributed by atoms with Gasteiger partial charge in [-0.1, -0.05) is 61.9 Å². The Morgan fingerprint density at radius 3 is 2.48 bits per heavy atom. The predicted octanol–water partition coefficient (Wildman–Crippen LogP) is 5.72. The van der Waals surface area contributed by atoms with Gasteiger partial charge in [0.1, 0.15) is 5.82 Å². The largest absolute Gasteiger partial charge is 0.352 e. The molecule has 5 rings (SSSR count). The number of sulfonamides is 1. The Kier molecular flexibility index (Phi) is 8.57. The molecule has 0 bridgehead atoms. The number of aromatic nitrogens is 1. The highest BCUT2D eigenvalue weighted by molar-refractivity contribution is 7.89. The van der Waals surface area contributed by atoms with E-state index in [1.54, 1.807) is 30.5 Å². The third-order valence-electron chi connectivity index (χ3n) is 7.15. The summed E-state index contributed by atoms with van der Waals surface area (Å²) in [4.78, 5) is 17.6. The number of hydrogen-bond acceptors (Lipinski definition) is 5. The van der Waals surface area contributed by atoms with E-state index in [0.717, 1.165) is 53.6 Å². The Labute approximate surface area is 236 Å². The summed E-state index contributed by atoms with van der Waals surface area (Å²) >= 11 is 0. The van der Waals surface area contributed by atoms with Gasteiger partial charge in [-0.2, -0.15) is 0 Å². The summed E-state index contributed by atoms with van der Waals surface area (Å²) < 4.78 is 29.2. The first kappa shape index (κ1) is 27.6. The lowest BCUT2D eigenvalue weighted by molar-refractivity contribution is 0.0954. The number of nitrogens with one attached hydrogen (secondary N) is 3. The van der Waals surface area contributed by atoms with E-state index in [4.69, 9.17) is 0 Å². The van der Waals surface area contributed by atoms with Crippen LogP contribution in [0, 0.1) is 0 Å². The molecule has 0 radical (unpaired) electrons. The molecule has 40 heavy (non-hydrogen) atoms. The standard InChI is InChI=1S/C32H34N4O3S/c1-2-7-23-11-16-27(17-12-23)40(38,39)36-30-18-14-25-13-15-26(22-29(25)30)35-31-28(10-6-20-33-31)32(37)34-21-19-24-8-4-3-5-9-24/h3-6,8-13,15-17,20,22,30,36H,2,7,14,18-19,21H2,1H3,(H,33,35)(H,34,37). The van der Waals surface area contributed by atoms with Crippen molar-refractivity contribution in [3.05, 3.63) is 119 Å². The van der Waals surface area contributed by atoms with Gasteiger partial charge in [0, 0.05) is 24.5 Å². The molecule has 4 aromatic rings. The van der Waals surface area contributed by atoms with Crippen LogP contribution in [0.2, 0.25) is 0 Å². The molecule has 7 nitrogen and oxygen atoms in total. The molecule has 206 valence electrons. The number of carbonyl (C=O) groups excluding carboxylic acids is 1. The van der Waals surface area contributed by atoms with E-state index in [0.29, 0.717) is 24.3 Å². The molecular formula is C32H34N4O3S. The van der Waals surface area contributed by atoms with E-state index in [2.05, 4.69) is 27.3 Å². The Hall–Kier alpha value is -4.01. The van der Waals surface area contributed by atoms with Crippen molar-refractivity contribution >= 4 is 27.4 Å². The van der Waals surface area contributed by atoms with E-state index in [1.165, 1.54) is 0 Å². The van der Waals surface area contributed by atoms with Gasteiger partial charge in [-0.25, -0.2) is 18.1 Å². The van der Waals surface area contributed by atoms with Crippen LogP contribution >= 0.6 is 0 Å². The SMILES string of the molecule is CCCc1ccc(S(=O)(=O)NC2CCc3ccc(Nc4ncccc4C(=O)NCCc4ccccc4)cc32)cc1. The molecule has 0 aliphatic heterocycles. The van der Waals surface area contributed by atoms with E-state index in [9.17, 15) is 13.2 Å². The number of fused-ring (bicyclic) bond motifs is 1. The summed E-state index contributed by atoms with van der Waals surface area (Å²) in [6.07, 6.45) is 5.78. The highest BCUT2D eigenvalue weighted by atomic mass is 32.2. The summed E-state index contributed by atoms with van der Waals surface area (Å²) in [6.45, 7) is 2.61. The minimum Gasteiger partial charge on any atom is -0.352 e. The Balaban J connectivity index is 1.28. The quantitative estimate of drug-likeness (QED) is 0.220.